The molecule has 0 N–H and O–H groups in total. The standard InChI is InChI=1S/C29H32N2O3/c1-22-26(17-20-34-22)29(33)30(2)27(21-24-11-7-4-8-12-24)25-15-18-31(19-16-25)28(32)14-13-23-9-5-3-6-10-23/h3-14,17,20,25,27H,15-16,18-19,21H2,1-2H3/b14-13+/t27-/m0/s1. The molecule has 0 saturated carbocycles. The average Bonchev–Trinajstić information content (AvgIpc) is 3.32. The Morgan fingerprint density at radius 3 is 2.29 bits per heavy atom. The molecule has 0 spiro atoms. The number of carbonyl (C=O) groups is 2. The normalized spacial score (nSPS) is 15.4. The Kier molecular flexibility index (Phi) is 7.63. The van der Waals surface area contributed by atoms with Crippen molar-refractivity contribution in [3.63, 3.8) is 0 Å². The first kappa shape index (κ1) is 23.6. The van der Waals surface area contributed by atoms with Crippen LogP contribution in [-0.4, -0.2) is 47.8 Å². The van der Waals surface area contributed by atoms with Crippen LogP contribution in [-0.2, 0) is 11.2 Å². The lowest BCUT2D eigenvalue weighted by atomic mass is 9.84. The molecule has 2 heterocycles. The van der Waals surface area contributed by atoms with Crippen LogP contribution in [0.1, 0.15) is 40.1 Å². The van der Waals surface area contributed by atoms with Crippen LogP contribution in [0.5, 0.6) is 0 Å². The molecule has 1 saturated heterocycles. The minimum Gasteiger partial charge on any atom is -0.469 e. The number of likely N-dealkylation sites (N-methyl/N-ethyl adjacent to an activating group) is 1. The van der Waals surface area contributed by atoms with Gasteiger partial charge in [-0.1, -0.05) is 60.7 Å². The van der Waals surface area contributed by atoms with Crippen molar-refractivity contribution >= 4 is 17.9 Å². The maximum atomic E-state index is 13.3. The lowest BCUT2D eigenvalue weighted by Crippen LogP contribution is -2.48. The summed E-state index contributed by atoms with van der Waals surface area (Å²) in [4.78, 5) is 29.8. The molecule has 1 aromatic heterocycles. The molecule has 0 bridgehead atoms. The van der Waals surface area contributed by atoms with E-state index in [1.54, 1.807) is 18.4 Å². The van der Waals surface area contributed by atoms with Gasteiger partial charge in [0.15, 0.2) is 0 Å². The van der Waals surface area contributed by atoms with Gasteiger partial charge in [-0.2, -0.15) is 0 Å². The van der Waals surface area contributed by atoms with Crippen LogP contribution in [0.25, 0.3) is 6.08 Å². The Morgan fingerprint density at radius 1 is 1.03 bits per heavy atom. The topological polar surface area (TPSA) is 53.8 Å². The van der Waals surface area contributed by atoms with Gasteiger partial charge in [-0.25, -0.2) is 0 Å². The van der Waals surface area contributed by atoms with E-state index in [0.29, 0.717) is 30.3 Å². The molecule has 1 fully saturated rings. The first-order valence-corrected chi connectivity index (χ1v) is 11.9. The van der Waals surface area contributed by atoms with Crippen molar-refractivity contribution in [1.29, 1.82) is 0 Å². The lowest BCUT2D eigenvalue weighted by molar-refractivity contribution is -0.127. The van der Waals surface area contributed by atoms with E-state index < -0.39 is 0 Å². The summed E-state index contributed by atoms with van der Waals surface area (Å²) < 4.78 is 5.38. The number of hydrogen-bond acceptors (Lipinski definition) is 3. The molecule has 4 rings (SSSR count). The number of aryl methyl sites for hydroxylation is 1. The Bertz CT molecular complexity index is 1110. The summed E-state index contributed by atoms with van der Waals surface area (Å²) in [7, 11) is 1.89. The van der Waals surface area contributed by atoms with E-state index in [2.05, 4.69) is 12.1 Å². The highest BCUT2D eigenvalue weighted by Crippen LogP contribution is 2.28. The summed E-state index contributed by atoms with van der Waals surface area (Å²) in [5, 5.41) is 0. The van der Waals surface area contributed by atoms with Crippen LogP contribution in [0.15, 0.2) is 83.5 Å². The molecule has 3 aromatic rings. The zero-order valence-electron chi connectivity index (χ0n) is 19.9. The van der Waals surface area contributed by atoms with Crippen LogP contribution in [0.3, 0.4) is 0 Å². The van der Waals surface area contributed by atoms with Gasteiger partial charge >= 0.3 is 0 Å². The molecule has 5 heteroatoms. The predicted octanol–water partition coefficient (Wildman–Crippen LogP) is 5.22. The highest BCUT2D eigenvalue weighted by Gasteiger charge is 2.33. The molecule has 0 unspecified atom stereocenters. The molecule has 0 radical (unpaired) electrons. The van der Waals surface area contributed by atoms with Gasteiger partial charge in [0, 0.05) is 32.3 Å². The Labute approximate surface area is 201 Å². The average molecular weight is 457 g/mol. The zero-order valence-corrected chi connectivity index (χ0v) is 19.9. The Balaban J connectivity index is 1.44. The van der Waals surface area contributed by atoms with Gasteiger partial charge in [0.2, 0.25) is 5.91 Å². The highest BCUT2D eigenvalue weighted by atomic mass is 16.3. The largest absolute Gasteiger partial charge is 0.469 e. The van der Waals surface area contributed by atoms with Crippen molar-refractivity contribution in [2.24, 2.45) is 5.92 Å². The molecule has 1 aliphatic rings. The maximum absolute atomic E-state index is 13.3. The molecule has 2 amide bonds. The Morgan fingerprint density at radius 2 is 1.68 bits per heavy atom. The fourth-order valence-electron chi connectivity index (χ4n) is 4.76. The summed E-state index contributed by atoms with van der Waals surface area (Å²) in [5.41, 5.74) is 2.84. The number of hydrogen-bond donors (Lipinski definition) is 0. The van der Waals surface area contributed by atoms with Gasteiger partial charge in [-0.15, -0.1) is 0 Å². The van der Waals surface area contributed by atoms with E-state index in [9.17, 15) is 9.59 Å². The monoisotopic (exact) mass is 456 g/mol. The van der Waals surface area contributed by atoms with Crippen LogP contribution in [0, 0.1) is 12.8 Å². The third-order valence-electron chi connectivity index (χ3n) is 6.81. The van der Waals surface area contributed by atoms with Crippen LogP contribution >= 0.6 is 0 Å². The van der Waals surface area contributed by atoms with Crippen molar-refractivity contribution in [2.45, 2.75) is 32.2 Å². The molecular weight excluding hydrogens is 424 g/mol. The number of amides is 2. The number of rotatable bonds is 7. The van der Waals surface area contributed by atoms with E-state index in [1.807, 2.05) is 78.4 Å². The Hall–Kier alpha value is -3.60. The molecule has 5 nitrogen and oxygen atoms in total. The second-order valence-electron chi connectivity index (χ2n) is 8.97. The van der Waals surface area contributed by atoms with Crippen molar-refractivity contribution in [2.75, 3.05) is 20.1 Å². The summed E-state index contributed by atoms with van der Waals surface area (Å²) >= 11 is 0. The molecule has 1 aliphatic heterocycles. The minimum absolute atomic E-state index is 0.0171. The highest BCUT2D eigenvalue weighted by molar-refractivity contribution is 5.95. The lowest BCUT2D eigenvalue weighted by Gasteiger charge is -2.40. The van der Waals surface area contributed by atoms with Crippen LogP contribution in [0.4, 0.5) is 0 Å². The zero-order chi connectivity index (χ0) is 23.9. The number of likely N-dealkylation sites (tertiary alicyclic amines) is 1. The first-order chi connectivity index (χ1) is 16.5. The number of piperidine rings is 1. The molecule has 0 aliphatic carbocycles. The van der Waals surface area contributed by atoms with Crippen molar-refractivity contribution in [3.05, 3.63) is 102 Å². The fourth-order valence-corrected chi connectivity index (χ4v) is 4.76. The van der Waals surface area contributed by atoms with E-state index in [4.69, 9.17) is 4.42 Å². The van der Waals surface area contributed by atoms with Crippen LogP contribution in [0.2, 0.25) is 0 Å². The van der Waals surface area contributed by atoms with Gasteiger partial charge < -0.3 is 14.2 Å². The van der Waals surface area contributed by atoms with E-state index in [1.165, 1.54) is 5.56 Å². The van der Waals surface area contributed by atoms with Crippen molar-refractivity contribution < 1.29 is 14.0 Å². The van der Waals surface area contributed by atoms with Crippen molar-refractivity contribution in [3.8, 4) is 0 Å². The molecular formula is C29H32N2O3. The van der Waals surface area contributed by atoms with E-state index >= 15 is 0 Å². The van der Waals surface area contributed by atoms with Crippen LogP contribution < -0.4 is 0 Å². The van der Waals surface area contributed by atoms with Crippen molar-refractivity contribution in [1.82, 2.24) is 9.80 Å². The van der Waals surface area contributed by atoms with E-state index in [-0.39, 0.29) is 17.9 Å². The van der Waals surface area contributed by atoms with Gasteiger partial charge in [0.05, 0.1) is 11.8 Å². The maximum Gasteiger partial charge on any atom is 0.257 e. The molecule has 34 heavy (non-hydrogen) atoms. The third-order valence-corrected chi connectivity index (χ3v) is 6.81. The number of benzene rings is 2. The number of furan rings is 1. The predicted molar refractivity (Wildman–Crippen MR) is 134 cm³/mol. The molecule has 1 atom stereocenters. The van der Waals surface area contributed by atoms with E-state index in [0.717, 1.165) is 24.8 Å². The quantitative estimate of drug-likeness (QED) is 0.458. The second-order valence-corrected chi connectivity index (χ2v) is 8.97. The SMILES string of the molecule is Cc1occc1C(=O)N(C)[C@@H](Cc1ccccc1)C1CCN(C(=O)/C=C/c2ccccc2)CC1. The number of nitrogens with zero attached hydrogens (tertiary/aromatic N) is 2. The summed E-state index contributed by atoms with van der Waals surface area (Å²) in [6, 6.07) is 22.0. The summed E-state index contributed by atoms with van der Waals surface area (Å²) in [6.07, 6.45) is 7.61. The van der Waals surface area contributed by atoms with Gasteiger partial charge in [-0.05, 0) is 55.4 Å². The minimum atomic E-state index is -0.0171. The van der Waals surface area contributed by atoms with Gasteiger partial charge in [-0.3, -0.25) is 9.59 Å². The second kappa shape index (κ2) is 11.0. The smallest absolute Gasteiger partial charge is 0.257 e. The third kappa shape index (κ3) is 5.66. The fraction of sp³-hybridized carbons (Fsp3) is 0.310. The van der Waals surface area contributed by atoms with Gasteiger partial charge in [0.25, 0.3) is 5.91 Å². The summed E-state index contributed by atoms with van der Waals surface area (Å²) in [6.45, 7) is 3.21. The molecule has 176 valence electrons. The number of carbonyl (C=O) groups excluding carboxylic acids is 2. The summed E-state index contributed by atoms with van der Waals surface area (Å²) in [5.74, 6) is 0.973. The van der Waals surface area contributed by atoms with Gasteiger partial charge in [0.1, 0.15) is 5.76 Å². The first-order valence-electron chi connectivity index (χ1n) is 11.9. The molecule has 2 aromatic carbocycles.